The Morgan fingerprint density at radius 1 is 1.27 bits per heavy atom. The van der Waals surface area contributed by atoms with Gasteiger partial charge in [0, 0.05) is 25.0 Å². The van der Waals surface area contributed by atoms with Gasteiger partial charge in [-0.05, 0) is 30.1 Å². The van der Waals surface area contributed by atoms with Crippen LogP contribution in [0.5, 0.6) is 0 Å². The minimum Gasteiger partial charge on any atom is -0.297 e. The van der Waals surface area contributed by atoms with Gasteiger partial charge >= 0.3 is 0 Å². The molecule has 0 radical (unpaired) electrons. The lowest BCUT2D eigenvalue weighted by molar-refractivity contribution is 0.125. The van der Waals surface area contributed by atoms with Crippen LogP contribution in [0.2, 0.25) is 0 Å². The van der Waals surface area contributed by atoms with Crippen molar-refractivity contribution in [1.82, 2.24) is 4.90 Å². The maximum absolute atomic E-state index is 14.0. The van der Waals surface area contributed by atoms with Crippen LogP contribution < -0.4 is 0 Å². The Bertz CT molecular complexity index is 277. The second kappa shape index (κ2) is 2.77. The fraction of sp³-hybridized carbons (Fsp3) is 1.00. The number of nitrogens with zero attached hydrogens (tertiary/aromatic N) is 1. The summed E-state index contributed by atoms with van der Waals surface area (Å²) in [5.74, 6) is 0.262. The van der Waals surface area contributed by atoms with Crippen molar-refractivity contribution in [3.05, 3.63) is 0 Å². The summed E-state index contributed by atoms with van der Waals surface area (Å²) in [7, 11) is 0. The Balaban J connectivity index is 1.83. The lowest BCUT2D eigenvalue weighted by Crippen LogP contribution is -2.35. The number of halogens is 1. The number of alkyl halides is 1. The summed E-state index contributed by atoms with van der Waals surface area (Å²) >= 11 is 0. The first kappa shape index (κ1) is 10.1. The van der Waals surface area contributed by atoms with E-state index < -0.39 is 6.17 Å². The van der Waals surface area contributed by atoms with Gasteiger partial charge in [0.05, 0.1) is 0 Å². The van der Waals surface area contributed by atoms with Gasteiger partial charge in [0.2, 0.25) is 0 Å². The molecule has 1 aliphatic carbocycles. The maximum Gasteiger partial charge on any atom is 0.118 e. The van der Waals surface area contributed by atoms with Gasteiger partial charge in [-0.25, -0.2) is 4.39 Å². The first-order valence-corrected chi connectivity index (χ1v) is 6.29. The van der Waals surface area contributed by atoms with Crippen LogP contribution in [0.25, 0.3) is 0 Å². The van der Waals surface area contributed by atoms with Crippen molar-refractivity contribution in [3.8, 4) is 0 Å². The first-order chi connectivity index (χ1) is 6.91. The highest BCUT2D eigenvalue weighted by Gasteiger charge is 2.59. The van der Waals surface area contributed by atoms with Crippen molar-refractivity contribution in [3.63, 3.8) is 0 Å². The van der Waals surface area contributed by atoms with E-state index in [1.165, 1.54) is 25.8 Å². The van der Waals surface area contributed by atoms with E-state index in [-0.39, 0.29) is 11.3 Å². The molecule has 3 atom stereocenters. The lowest BCUT2D eigenvalue weighted by Gasteiger charge is -2.33. The molecule has 1 saturated carbocycles. The molecule has 2 heterocycles. The zero-order valence-electron chi connectivity index (χ0n) is 10.1. The van der Waals surface area contributed by atoms with E-state index in [0.717, 1.165) is 0 Å². The zero-order chi connectivity index (χ0) is 10.8. The number of hydrogen-bond acceptors (Lipinski definition) is 1. The summed E-state index contributed by atoms with van der Waals surface area (Å²) < 4.78 is 14.0. The van der Waals surface area contributed by atoms with Crippen LogP contribution >= 0.6 is 0 Å². The quantitative estimate of drug-likeness (QED) is 0.595. The van der Waals surface area contributed by atoms with E-state index in [1.54, 1.807) is 0 Å². The van der Waals surface area contributed by atoms with E-state index >= 15 is 0 Å². The Morgan fingerprint density at radius 2 is 1.93 bits per heavy atom. The highest BCUT2D eigenvalue weighted by atomic mass is 19.1. The Hall–Kier alpha value is -0.110. The molecule has 2 aliphatic heterocycles. The van der Waals surface area contributed by atoms with E-state index in [1.807, 2.05) is 0 Å². The normalized spacial score (nSPS) is 43.6. The highest BCUT2D eigenvalue weighted by molar-refractivity contribution is 5.11. The van der Waals surface area contributed by atoms with Gasteiger partial charge in [0.15, 0.2) is 0 Å². The van der Waals surface area contributed by atoms with Gasteiger partial charge in [-0.3, -0.25) is 4.90 Å². The van der Waals surface area contributed by atoms with E-state index in [2.05, 4.69) is 25.7 Å². The summed E-state index contributed by atoms with van der Waals surface area (Å²) in [6, 6.07) is 0.544. The Kier molecular flexibility index (Phi) is 1.86. The van der Waals surface area contributed by atoms with Crippen LogP contribution in [-0.2, 0) is 0 Å². The molecule has 1 nitrogen and oxygen atoms in total. The number of fused-ring (bicyclic) bond motifs is 1. The first-order valence-electron chi connectivity index (χ1n) is 6.29. The van der Waals surface area contributed by atoms with E-state index in [4.69, 9.17) is 0 Å². The van der Waals surface area contributed by atoms with Crippen LogP contribution in [0.1, 0.15) is 40.0 Å². The molecule has 0 N–H and O–H groups in total. The van der Waals surface area contributed by atoms with Gasteiger partial charge in [0.1, 0.15) is 6.17 Å². The molecular formula is C13H22FN. The molecule has 2 saturated heterocycles. The minimum absolute atomic E-state index is 0.124. The second-order valence-corrected chi connectivity index (χ2v) is 7.11. The average molecular weight is 211 g/mol. The fourth-order valence-corrected chi connectivity index (χ4v) is 3.98. The molecule has 86 valence electrons. The second-order valence-electron chi connectivity index (χ2n) is 7.11. The third kappa shape index (κ3) is 1.44. The summed E-state index contributed by atoms with van der Waals surface area (Å²) in [6.07, 6.45) is 3.47. The summed E-state index contributed by atoms with van der Waals surface area (Å²) in [5.41, 5.74) is 0.758. The Labute approximate surface area is 92.0 Å². The molecule has 3 fully saturated rings. The molecule has 0 aromatic rings. The highest BCUT2D eigenvalue weighted by Crippen LogP contribution is 2.59. The maximum atomic E-state index is 14.0. The van der Waals surface area contributed by atoms with Crippen molar-refractivity contribution < 1.29 is 4.39 Å². The van der Waals surface area contributed by atoms with Crippen molar-refractivity contribution in [2.45, 2.75) is 52.2 Å². The third-order valence-electron chi connectivity index (χ3n) is 4.82. The standard InChI is InChI=1S/C13H22FN/c1-12(2,3)11-9(14)7-15-8-13(4-5-13)6-10(11)15/h9-11H,4-8H2,1-3H3. The summed E-state index contributed by atoms with van der Waals surface area (Å²) in [6.45, 7) is 8.49. The van der Waals surface area contributed by atoms with Gasteiger partial charge in [-0.15, -0.1) is 0 Å². The largest absolute Gasteiger partial charge is 0.297 e. The SMILES string of the molecule is CC(C)(C)C1C(F)CN2CC3(CC3)CC12. The van der Waals surface area contributed by atoms with Gasteiger partial charge in [0.25, 0.3) is 0 Å². The van der Waals surface area contributed by atoms with Crippen molar-refractivity contribution in [2.75, 3.05) is 13.1 Å². The predicted molar refractivity (Wildman–Crippen MR) is 59.5 cm³/mol. The fourth-order valence-electron chi connectivity index (χ4n) is 3.98. The molecule has 15 heavy (non-hydrogen) atoms. The van der Waals surface area contributed by atoms with Crippen molar-refractivity contribution in [1.29, 1.82) is 0 Å². The number of rotatable bonds is 0. The lowest BCUT2D eigenvalue weighted by atomic mass is 9.74. The Morgan fingerprint density at radius 3 is 2.47 bits per heavy atom. The molecule has 0 bridgehead atoms. The topological polar surface area (TPSA) is 3.24 Å². The van der Waals surface area contributed by atoms with Gasteiger partial charge in [-0.1, -0.05) is 20.8 Å². The molecule has 0 aromatic heterocycles. The smallest absolute Gasteiger partial charge is 0.118 e. The molecule has 0 aromatic carbocycles. The molecule has 3 rings (SSSR count). The van der Waals surface area contributed by atoms with Crippen LogP contribution in [0.3, 0.4) is 0 Å². The average Bonchev–Trinajstić information content (AvgIpc) is 2.59. The van der Waals surface area contributed by atoms with Crippen LogP contribution in [0.4, 0.5) is 4.39 Å². The van der Waals surface area contributed by atoms with Crippen LogP contribution in [0.15, 0.2) is 0 Å². The van der Waals surface area contributed by atoms with Crippen LogP contribution in [0, 0.1) is 16.7 Å². The molecule has 3 aliphatic rings. The number of hydrogen-bond donors (Lipinski definition) is 0. The molecule has 1 spiro atoms. The monoisotopic (exact) mass is 211 g/mol. The van der Waals surface area contributed by atoms with Crippen molar-refractivity contribution in [2.24, 2.45) is 16.7 Å². The summed E-state index contributed by atoms with van der Waals surface area (Å²) in [5, 5.41) is 0. The molecule has 3 unspecified atom stereocenters. The summed E-state index contributed by atoms with van der Waals surface area (Å²) in [4.78, 5) is 2.44. The van der Waals surface area contributed by atoms with E-state index in [0.29, 0.717) is 18.0 Å². The van der Waals surface area contributed by atoms with Gasteiger partial charge < -0.3 is 0 Å². The zero-order valence-corrected chi connectivity index (χ0v) is 10.1. The van der Waals surface area contributed by atoms with Crippen molar-refractivity contribution >= 4 is 0 Å². The molecular weight excluding hydrogens is 189 g/mol. The van der Waals surface area contributed by atoms with E-state index in [9.17, 15) is 4.39 Å². The van der Waals surface area contributed by atoms with Crippen LogP contribution in [-0.4, -0.2) is 30.2 Å². The van der Waals surface area contributed by atoms with Gasteiger partial charge in [-0.2, -0.15) is 0 Å². The minimum atomic E-state index is -0.592. The predicted octanol–water partition coefficient (Wildman–Crippen LogP) is 2.85. The molecule has 0 amide bonds. The third-order valence-corrected chi connectivity index (χ3v) is 4.82. The molecule has 2 heteroatoms.